The lowest BCUT2D eigenvalue weighted by atomic mass is 10.1. The highest BCUT2D eigenvalue weighted by atomic mass is 79.9. The van der Waals surface area contributed by atoms with Crippen LogP contribution in [0.5, 0.6) is 0 Å². The van der Waals surface area contributed by atoms with Gasteiger partial charge in [0.15, 0.2) is 5.78 Å². The normalized spacial score (nSPS) is 10.2. The molecule has 1 heterocycles. The van der Waals surface area contributed by atoms with Gasteiger partial charge in [0.1, 0.15) is 0 Å². The molecule has 0 aliphatic carbocycles. The Hall–Kier alpha value is -1.00. The quantitative estimate of drug-likeness (QED) is 0.638. The van der Waals surface area contributed by atoms with Gasteiger partial charge in [-0.05, 0) is 17.6 Å². The minimum Gasteiger partial charge on any atom is -0.292 e. The predicted molar refractivity (Wildman–Crippen MR) is 65.7 cm³/mol. The van der Waals surface area contributed by atoms with Crippen molar-refractivity contribution in [2.45, 2.75) is 0 Å². The molecule has 2 rings (SSSR count). The number of nitrogens with zero attached hydrogens (tertiary/aromatic N) is 1. The van der Waals surface area contributed by atoms with E-state index < -0.39 is 0 Å². The zero-order valence-electron chi connectivity index (χ0n) is 7.81. The molecule has 76 valence electrons. The second-order valence-electron chi connectivity index (χ2n) is 3.00. The summed E-state index contributed by atoms with van der Waals surface area (Å²) in [4.78, 5) is 12.1. The van der Waals surface area contributed by atoms with Gasteiger partial charge in [-0.25, -0.2) is 0 Å². The van der Waals surface area contributed by atoms with Crippen molar-refractivity contribution in [1.29, 1.82) is 0 Å². The minimum absolute atomic E-state index is 0.0784. The Morgan fingerprint density at radius 3 is 2.73 bits per heavy atom. The van der Waals surface area contributed by atoms with E-state index in [1.807, 2.05) is 36.4 Å². The molecule has 2 aromatic rings. The fourth-order valence-electron chi connectivity index (χ4n) is 1.22. The number of aromatic nitrogens is 1. The van der Waals surface area contributed by atoms with Gasteiger partial charge in [-0.2, -0.15) is 4.37 Å². The molecule has 0 aliphatic rings. The van der Waals surface area contributed by atoms with Gasteiger partial charge in [0.2, 0.25) is 0 Å². The fraction of sp³-hybridized carbons (Fsp3) is 0.0909. The van der Waals surface area contributed by atoms with Crippen LogP contribution in [0.4, 0.5) is 0 Å². The molecule has 0 N–H and O–H groups in total. The summed E-state index contributed by atoms with van der Waals surface area (Å²) < 4.78 is 4.26. The van der Waals surface area contributed by atoms with E-state index in [2.05, 4.69) is 20.3 Å². The standard InChI is InChI=1S/C11H8BrNOS/c12-7-10(14)11-6-9(13-15-11)8-4-2-1-3-5-8/h1-6H,7H2. The van der Waals surface area contributed by atoms with Gasteiger partial charge in [0.05, 0.1) is 15.9 Å². The van der Waals surface area contributed by atoms with Crippen LogP contribution in [-0.2, 0) is 0 Å². The third kappa shape index (κ3) is 2.33. The van der Waals surface area contributed by atoms with Crippen LogP contribution in [0, 0.1) is 0 Å². The van der Waals surface area contributed by atoms with Crippen molar-refractivity contribution in [3.8, 4) is 11.3 Å². The number of ketones is 1. The highest BCUT2D eigenvalue weighted by Gasteiger charge is 2.09. The van der Waals surface area contributed by atoms with Gasteiger partial charge in [-0.1, -0.05) is 46.3 Å². The topological polar surface area (TPSA) is 30.0 Å². The number of alkyl halides is 1. The lowest BCUT2D eigenvalue weighted by molar-refractivity contribution is 0.102. The molecule has 0 fully saturated rings. The van der Waals surface area contributed by atoms with Crippen LogP contribution in [0.1, 0.15) is 9.67 Å². The predicted octanol–water partition coefficient (Wildman–Crippen LogP) is 3.39. The number of Topliss-reactive ketones (excluding diaryl/α,β-unsaturated/α-hetero) is 1. The molecule has 1 aromatic heterocycles. The van der Waals surface area contributed by atoms with Gasteiger partial charge in [0.25, 0.3) is 0 Å². The second-order valence-corrected chi connectivity index (χ2v) is 4.36. The molecule has 2 nitrogen and oxygen atoms in total. The fourth-order valence-corrected chi connectivity index (χ4v) is 2.40. The van der Waals surface area contributed by atoms with E-state index in [1.165, 1.54) is 11.5 Å². The number of benzene rings is 1. The summed E-state index contributed by atoms with van der Waals surface area (Å²) in [5, 5.41) is 0.351. The van der Waals surface area contributed by atoms with Crippen molar-refractivity contribution in [3.63, 3.8) is 0 Å². The van der Waals surface area contributed by atoms with Crippen LogP contribution in [0.25, 0.3) is 11.3 Å². The third-order valence-electron chi connectivity index (χ3n) is 1.98. The first-order valence-corrected chi connectivity index (χ1v) is 6.32. The average molecular weight is 282 g/mol. The monoisotopic (exact) mass is 281 g/mol. The Balaban J connectivity index is 2.32. The number of hydrogen-bond donors (Lipinski definition) is 0. The van der Waals surface area contributed by atoms with E-state index in [0.717, 1.165) is 11.3 Å². The Morgan fingerprint density at radius 1 is 1.33 bits per heavy atom. The van der Waals surface area contributed by atoms with Crippen LogP contribution in [-0.4, -0.2) is 15.5 Å². The molecule has 0 saturated heterocycles. The number of halogens is 1. The van der Waals surface area contributed by atoms with E-state index in [0.29, 0.717) is 10.2 Å². The summed E-state index contributed by atoms with van der Waals surface area (Å²) in [7, 11) is 0. The second kappa shape index (κ2) is 4.68. The molecule has 0 unspecified atom stereocenters. The number of rotatable bonds is 3. The molecule has 0 atom stereocenters. The molecule has 4 heteroatoms. The summed E-state index contributed by atoms with van der Waals surface area (Å²) in [5.41, 5.74) is 1.91. The van der Waals surface area contributed by atoms with E-state index in [1.54, 1.807) is 0 Å². The summed E-state index contributed by atoms with van der Waals surface area (Å²) in [6, 6.07) is 11.7. The van der Waals surface area contributed by atoms with E-state index in [-0.39, 0.29) is 5.78 Å². The molecular weight excluding hydrogens is 274 g/mol. The van der Waals surface area contributed by atoms with Crippen molar-refractivity contribution in [2.75, 3.05) is 5.33 Å². The summed E-state index contributed by atoms with van der Waals surface area (Å²) in [6.45, 7) is 0. The Morgan fingerprint density at radius 2 is 2.07 bits per heavy atom. The van der Waals surface area contributed by atoms with Crippen molar-refractivity contribution in [1.82, 2.24) is 4.37 Å². The van der Waals surface area contributed by atoms with Gasteiger partial charge in [-0.3, -0.25) is 4.79 Å². The van der Waals surface area contributed by atoms with E-state index >= 15 is 0 Å². The molecule has 0 bridgehead atoms. The van der Waals surface area contributed by atoms with Crippen molar-refractivity contribution in [3.05, 3.63) is 41.3 Å². The first-order valence-electron chi connectivity index (χ1n) is 4.42. The average Bonchev–Trinajstić information content (AvgIpc) is 2.78. The Kier molecular flexibility index (Phi) is 3.28. The van der Waals surface area contributed by atoms with Gasteiger partial charge < -0.3 is 0 Å². The van der Waals surface area contributed by atoms with E-state index in [9.17, 15) is 4.79 Å². The molecule has 0 aliphatic heterocycles. The molecule has 0 radical (unpaired) electrons. The number of carbonyl (C=O) groups excluding carboxylic acids is 1. The van der Waals surface area contributed by atoms with Crippen LogP contribution in [0.15, 0.2) is 36.4 Å². The van der Waals surface area contributed by atoms with Gasteiger partial charge >= 0.3 is 0 Å². The lowest BCUT2D eigenvalue weighted by Crippen LogP contribution is -1.95. The third-order valence-corrected chi connectivity index (χ3v) is 3.32. The van der Waals surface area contributed by atoms with Crippen molar-refractivity contribution >= 4 is 33.2 Å². The molecular formula is C11H8BrNOS. The maximum atomic E-state index is 11.4. The molecule has 0 amide bonds. The highest BCUT2D eigenvalue weighted by Crippen LogP contribution is 2.22. The van der Waals surface area contributed by atoms with Crippen LogP contribution in [0.3, 0.4) is 0 Å². The summed E-state index contributed by atoms with van der Waals surface area (Å²) in [6.07, 6.45) is 0. The smallest absolute Gasteiger partial charge is 0.184 e. The minimum atomic E-state index is 0.0784. The zero-order chi connectivity index (χ0) is 10.7. The molecule has 0 saturated carbocycles. The maximum absolute atomic E-state index is 11.4. The molecule has 1 aromatic carbocycles. The summed E-state index contributed by atoms with van der Waals surface area (Å²) >= 11 is 4.39. The van der Waals surface area contributed by atoms with E-state index in [4.69, 9.17) is 0 Å². The lowest BCUT2D eigenvalue weighted by Gasteiger charge is -1.92. The maximum Gasteiger partial charge on any atom is 0.184 e. The van der Waals surface area contributed by atoms with Crippen molar-refractivity contribution < 1.29 is 4.79 Å². The number of hydrogen-bond acceptors (Lipinski definition) is 3. The highest BCUT2D eigenvalue weighted by molar-refractivity contribution is 9.09. The van der Waals surface area contributed by atoms with Crippen LogP contribution < -0.4 is 0 Å². The summed E-state index contributed by atoms with van der Waals surface area (Å²) in [5.74, 6) is 0.0784. The van der Waals surface area contributed by atoms with Crippen LogP contribution in [0.2, 0.25) is 0 Å². The number of carbonyl (C=O) groups is 1. The molecule has 0 spiro atoms. The first-order chi connectivity index (χ1) is 7.31. The Labute approximate surface area is 100 Å². The zero-order valence-corrected chi connectivity index (χ0v) is 10.2. The first kappa shape index (κ1) is 10.5. The Bertz CT molecular complexity index is 466. The largest absolute Gasteiger partial charge is 0.292 e. The van der Waals surface area contributed by atoms with Gasteiger partial charge in [0, 0.05) is 5.56 Å². The van der Waals surface area contributed by atoms with Crippen molar-refractivity contribution in [2.24, 2.45) is 0 Å². The molecule has 15 heavy (non-hydrogen) atoms. The van der Waals surface area contributed by atoms with Gasteiger partial charge in [-0.15, -0.1) is 0 Å². The SMILES string of the molecule is O=C(CBr)c1cc(-c2ccccc2)ns1. The van der Waals surface area contributed by atoms with Crippen LogP contribution >= 0.6 is 27.5 Å².